The van der Waals surface area contributed by atoms with E-state index in [4.69, 9.17) is 5.84 Å². The van der Waals surface area contributed by atoms with E-state index in [-0.39, 0.29) is 0 Å². The minimum absolute atomic E-state index is 0.395. The third-order valence-electron chi connectivity index (χ3n) is 3.24. The Labute approximate surface area is 113 Å². The molecule has 1 saturated heterocycles. The second-order valence-electron chi connectivity index (χ2n) is 4.72. The molecule has 1 aliphatic heterocycles. The molecule has 2 rings (SSSR count). The lowest BCUT2D eigenvalue weighted by molar-refractivity contribution is 0.270. The highest BCUT2D eigenvalue weighted by atomic mass is 15.4. The van der Waals surface area contributed by atoms with Crippen LogP contribution in [0.5, 0.6) is 0 Å². The van der Waals surface area contributed by atoms with E-state index in [2.05, 4.69) is 37.1 Å². The van der Waals surface area contributed by atoms with Crippen molar-refractivity contribution in [2.75, 3.05) is 62.0 Å². The van der Waals surface area contributed by atoms with Crippen LogP contribution in [0.3, 0.4) is 0 Å². The molecule has 106 valence electrons. The summed E-state index contributed by atoms with van der Waals surface area (Å²) in [5, 5.41) is 0. The van der Waals surface area contributed by atoms with E-state index in [0.29, 0.717) is 17.8 Å². The number of rotatable bonds is 4. The summed E-state index contributed by atoms with van der Waals surface area (Å²) in [7, 11) is 3.79. The number of hydrogen-bond acceptors (Lipinski definition) is 8. The summed E-state index contributed by atoms with van der Waals surface area (Å²) < 4.78 is 0. The molecule has 0 unspecified atom stereocenters. The van der Waals surface area contributed by atoms with Gasteiger partial charge in [-0.1, -0.05) is 6.92 Å². The quantitative estimate of drug-likeness (QED) is 0.550. The minimum atomic E-state index is 0.395. The van der Waals surface area contributed by atoms with Gasteiger partial charge in [0.25, 0.3) is 0 Å². The van der Waals surface area contributed by atoms with Gasteiger partial charge in [0.1, 0.15) is 0 Å². The Morgan fingerprint density at radius 3 is 2.37 bits per heavy atom. The Morgan fingerprint density at radius 1 is 1.16 bits per heavy atom. The molecule has 0 atom stereocenters. The molecule has 1 fully saturated rings. The number of nitrogens with one attached hydrogen (secondary N) is 1. The lowest BCUT2D eigenvalue weighted by Crippen LogP contribution is -2.47. The highest BCUT2D eigenvalue weighted by Gasteiger charge is 2.19. The van der Waals surface area contributed by atoms with Crippen LogP contribution in [-0.4, -0.2) is 66.7 Å². The van der Waals surface area contributed by atoms with E-state index in [9.17, 15) is 0 Å². The van der Waals surface area contributed by atoms with Gasteiger partial charge in [-0.05, 0) is 6.54 Å². The number of nitrogen functional groups attached to an aromatic ring is 1. The topological polar surface area (TPSA) is 86.4 Å². The van der Waals surface area contributed by atoms with Crippen LogP contribution in [0, 0.1) is 0 Å². The van der Waals surface area contributed by atoms with Gasteiger partial charge in [-0.25, -0.2) is 5.84 Å². The highest BCUT2D eigenvalue weighted by Crippen LogP contribution is 2.16. The Kier molecular flexibility index (Phi) is 4.33. The summed E-state index contributed by atoms with van der Waals surface area (Å²) in [5.74, 6) is 7.10. The monoisotopic (exact) mass is 266 g/mol. The maximum absolute atomic E-state index is 5.41. The highest BCUT2D eigenvalue weighted by molar-refractivity contribution is 5.44. The first-order valence-electron chi connectivity index (χ1n) is 6.51. The molecule has 19 heavy (non-hydrogen) atoms. The number of piperazine rings is 1. The SMILES string of the molecule is CCN1CCN(c2nc(NN)nc(N(C)C)n2)CC1. The molecule has 0 bridgehead atoms. The zero-order valence-electron chi connectivity index (χ0n) is 11.8. The lowest BCUT2D eigenvalue weighted by Gasteiger charge is -2.34. The van der Waals surface area contributed by atoms with Crippen LogP contribution in [0.4, 0.5) is 17.8 Å². The largest absolute Gasteiger partial charge is 0.347 e. The van der Waals surface area contributed by atoms with E-state index in [1.807, 2.05) is 19.0 Å². The van der Waals surface area contributed by atoms with Crippen molar-refractivity contribution in [2.24, 2.45) is 5.84 Å². The smallest absolute Gasteiger partial charge is 0.243 e. The summed E-state index contributed by atoms with van der Waals surface area (Å²) in [5.41, 5.74) is 2.50. The van der Waals surface area contributed by atoms with E-state index in [1.54, 1.807) is 0 Å². The maximum atomic E-state index is 5.41. The zero-order valence-corrected chi connectivity index (χ0v) is 11.8. The van der Waals surface area contributed by atoms with Crippen molar-refractivity contribution in [3.05, 3.63) is 0 Å². The van der Waals surface area contributed by atoms with Crippen LogP contribution in [-0.2, 0) is 0 Å². The fourth-order valence-corrected chi connectivity index (χ4v) is 2.02. The van der Waals surface area contributed by atoms with E-state index in [1.165, 1.54) is 0 Å². The zero-order chi connectivity index (χ0) is 13.8. The molecular formula is C11H22N8. The van der Waals surface area contributed by atoms with Crippen LogP contribution in [0.15, 0.2) is 0 Å². The molecule has 0 aliphatic carbocycles. The maximum Gasteiger partial charge on any atom is 0.243 e. The Morgan fingerprint density at radius 2 is 1.84 bits per heavy atom. The van der Waals surface area contributed by atoms with Gasteiger partial charge in [-0.2, -0.15) is 15.0 Å². The number of hydrogen-bond donors (Lipinski definition) is 2. The van der Waals surface area contributed by atoms with Crippen molar-refractivity contribution in [1.82, 2.24) is 19.9 Å². The number of nitrogens with two attached hydrogens (primary N) is 1. The number of aromatic nitrogens is 3. The van der Waals surface area contributed by atoms with Crippen molar-refractivity contribution in [3.63, 3.8) is 0 Å². The van der Waals surface area contributed by atoms with Gasteiger partial charge in [0.05, 0.1) is 0 Å². The molecule has 0 radical (unpaired) electrons. The van der Waals surface area contributed by atoms with E-state index >= 15 is 0 Å². The molecule has 0 spiro atoms. The average molecular weight is 266 g/mol. The minimum Gasteiger partial charge on any atom is -0.347 e. The van der Waals surface area contributed by atoms with Crippen molar-refractivity contribution in [2.45, 2.75) is 6.92 Å². The first kappa shape index (κ1) is 13.8. The van der Waals surface area contributed by atoms with Gasteiger partial charge in [-0.3, -0.25) is 5.43 Å². The van der Waals surface area contributed by atoms with Gasteiger partial charge in [0, 0.05) is 40.3 Å². The summed E-state index contributed by atoms with van der Waals surface area (Å²) in [4.78, 5) is 19.4. The molecule has 0 amide bonds. The number of hydrazine groups is 1. The fraction of sp³-hybridized carbons (Fsp3) is 0.727. The first-order valence-corrected chi connectivity index (χ1v) is 6.51. The molecule has 0 aromatic carbocycles. The average Bonchev–Trinajstić information content (AvgIpc) is 2.46. The molecule has 8 heteroatoms. The van der Waals surface area contributed by atoms with Crippen LogP contribution in [0.1, 0.15) is 6.92 Å². The van der Waals surface area contributed by atoms with Crippen molar-refractivity contribution in [1.29, 1.82) is 0 Å². The van der Waals surface area contributed by atoms with Crippen molar-refractivity contribution >= 4 is 17.8 Å². The Balaban J connectivity index is 2.17. The molecular weight excluding hydrogens is 244 g/mol. The van der Waals surface area contributed by atoms with Crippen molar-refractivity contribution in [3.8, 4) is 0 Å². The molecule has 8 nitrogen and oxygen atoms in total. The van der Waals surface area contributed by atoms with Crippen LogP contribution >= 0.6 is 0 Å². The number of nitrogens with zero attached hydrogens (tertiary/aromatic N) is 6. The number of anilines is 3. The molecule has 1 aromatic rings. The third-order valence-corrected chi connectivity index (χ3v) is 3.24. The summed E-state index contributed by atoms with van der Waals surface area (Å²) >= 11 is 0. The predicted molar refractivity (Wildman–Crippen MR) is 76.3 cm³/mol. The molecule has 2 heterocycles. The normalized spacial score (nSPS) is 16.5. The summed E-state index contributed by atoms with van der Waals surface area (Å²) in [6.45, 7) is 7.18. The Hall–Kier alpha value is -1.67. The van der Waals surface area contributed by atoms with Crippen molar-refractivity contribution < 1.29 is 0 Å². The molecule has 0 saturated carbocycles. The van der Waals surface area contributed by atoms with Gasteiger partial charge >= 0.3 is 0 Å². The molecule has 1 aromatic heterocycles. The molecule has 3 N–H and O–H groups in total. The van der Waals surface area contributed by atoms with Gasteiger partial charge < -0.3 is 14.7 Å². The lowest BCUT2D eigenvalue weighted by atomic mass is 10.3. The van der Waals surface area contributed by atoms with Crippen LogP contribution in [0.2, 0.25) is 0 Å². The van der Waals surface area contributed by atoms with E-state index < -0.39 is 0 Å². The second-order valence-corrected chi connectivity index (χ2v) is 4.72. The summed E-state index contributed by atoms with van der Waals surface area (Å²) in [6.07, 6.45) is 0. The van der Waals surface area contributed by atoms with E-state index in [0.717, 1.165) is 32.7 Å². The Bertz CT molecular complexity index is 413. The van der Waals surface area contributed by atoms with Gasteiger partial charge in [-0.15, -0.1) is 0 Å². The number of likely N-dealkylation sites (N-methyl/N-ethyl adjacent to an activating group) is 1. The van der Waals surface area contributed by atoms with Crippen LogP contribution < -0.4 is 21.1 Å². The fourth-order valence-electron chi connectivity index (χ4n) is 2.02. The first-order chi connectivity index (χ1) is 9.13. The van der Waals surface area contributed by atoms with Gasteiger partial charge in [0.15, 0.2) is 0 Å². The van der Waals surface area contributed by atoms with Crippen LogP contribution in [0.25, 0.3) is 0 Å². The standard InChI is InChI=1S/C11H22N8/c1-4-18-5-7-19(8-6-18)11-14-9(16-12)13-10(15-11)17(2)3/h4-8,12H2,1-3H3,(H,13,14,15,16). The second kappa shape index (κ2) is 5.98. The third kappa shape index (κ3) is 3.21. The van der Waals surface area contributed by atoms with Gasteiger partial charge in [0.2, 0.25) is 17.8 Å². The predicted octanol–water partition coefficient (Wildman–Crippen LogP) is -0.635. The molecule has 1 aliphatic rings. The summed E-state index contributed by atoms with van der Waals surface area (Å²) in [6, 6.07) is 0.